The zero-order chi connectivity index (χ0) is 26.6. The van der Waals surface area contributed by atoms with Gasteiger partial charge in [-0.05, 0) is 86.1 Å². The number of para-hydroxylation sites is 1. The van der Waals surface area contributed by atoms with Crippen LogP contribution >= 0.6 is 0 Å². The number of fused-ring (bicyclic) bond motifs is 1. The number of benzene rings is 2. The molecular formula is C31H50O3. The molecule has 0 amide bonds. The SMILES string of the molecule is CC.CC(C)(C)c1cccc(C(C)(C)C)c1O.COc1c(C)c(C)c2c(c1C)CCC(C)(C)O2. The Morgan fingerprint density at radius 3 is 1.74 bits per heavy atom. The van der Waals surface area contributed by atoms with Crippen LogP contribution in [0.4, 0.5) is 0 Å². The Morgan fingerprint density at radius 2 is 1.32 bits per heavy atom. The van der Waals surface area contributed by atoms with Gasteiger partial charge in [0.25, 0.3) is 0 Å². The van der Waals surface area contributed by atoms with Crippen molar-refractivity contribution < 1.29 is 14.6 Å². The van der Waals surface area contributed by atoms with Crippen molar-refractivity contribution in [3.8, 4) is 17.2 Å². The summed E-state index contributed by atoms with van der Waals surface area (Å²) in [6.45, 7) is 27.4. The average Bonchev–Trinajstić information content (AvgIpc) is 2.72. The van der Waals surface area contributed by atoms with Crippen LogP contribution in [0.25, 0.3) is 0 Å². The van der Waals surface area contributed by atoms with E-state index in [0.29, 0.717) is 5.75 Å². The smallest absolute Gasteiger partial charge is 0.127 e. The molecule has 0 bridgehead atoms. The van der Waals surface area contributed by atoms with Crippen LogP contribution in [-0.4, -0.2) is 17.8 Å². The minimum Gasteiger partial charge on any atom is -0.507 e. The van der Waals surface area contributed by atoms with Gasteiger partial charge >= 0.3 is 0 Å². The predicted molar refractivity (Wildman–Crippen MR) is 147 cm³/mol. The lowest BCUT2D eigenvalue weighted by Gasteiger charge is -2.35. The van der Waals surface area contributed by atoms with E-state index in [0.717, 1.165) is 35.5 Å². The molecule has 34 heavy (non-hydrogen) atoms. The van der Waals surface area contributed by atoms with Crippen molar-refractivity contribution in [1.82, 2.24) is 0 Å². The molecule has 2 aromatic rings. The van der Waals surface area contributed by atoms with Gasteiger partial charge in [0.1, 0.15) is 22.8 Å². The van der Waals surface area contributed by atoms with Gasteiger partial charge in [-0.3, -0.25) is 0 Å². The maximum atomic E-state index is 10.3. The second-order valence-corrected chi connectivity index (χ2v) is 11.8. The largest absolute Gasteiger partial charge is 0.507 e. The van der Waals surface area contributed by atoms with Crippen LogP contribution in [-0.2, 0) is 17.3 Å². The first-order valence-corrected chi connectivity index (χ1v) is 12.7. The van der Waals surface area contributed by atoms with Crippen molar-refractivity contribution in [3.63, 3.8) is 0 Å². The minimum absolute atomic E-state index is 0.00859. The number of phenols is 1. The third-order valence-electron chi connectivity index (χ3n) is 6.52. The molecule has 3 heteroatoms. The van der Waals surface area contributed by atoms with Crippen molar-refractivity contribution in [1.29, 1.82) is 0 Å². The van der Waals surface area contributed by atoms with E-state index in [-0.39, 0.29) is 16.4 Å². The normalized spacial score (nSPS) is 14.5. The van der Waals surface area contributed by atoms with Crippen molar-refractivity contribution in [2.45, 2.75) is 119 Å². The Bertz CT molecular complexity index is 938. The zero-order valence-electron chi connectivity index (χ0n) is 24.4. The van der Waals surface area contributed by atoms with E-state index in [2.05, 4.69) is 76.2 Å². The van der Waals surface area contributed by atoms with Crippen LogP contribution in [0.1, 0.15) is 109 Å². The lowest BCUT2D eigenvalue weighted by molar-refractivity contribution is 0.0831. The number of hydrogen-bond acceptors (Lipinski definition) is 3. The Balaban J connectivity index is 0.000000320. The topological polar surface area (TPSA) is 38.7 Å². The highest BCUT2D eigenvalue weighted by atomic mass is 16.5. The van der Waals surface area contributed by atoms with Crippen LogP contribution in [0.3, 0.4) is 0 Å². The Kier molecular flexibility index (Phi) is 9.71. The van der Waals surface area contributed by atoms with Gasteiger partial charge in [0, 0.05) is 5.56 Å². The molecule has 0 unspecified atom stereocenters. The van der Waals surface area contributed by atoms with E-state index in [9.17, 15) is 5.11 Å². The summed E-state index contributed by atoms with van der Waals surface area (Å²) >= 11 is 0. The summed E-state index contributed by atoms with van der Waals surface area (Å²) in [6, 6.07) is 6.04. The van der Waals surface area contributed by atoms with Gasteiger partial charge in [-0.1, -0.05) is 73.6 Å². The van der Waals surface area contributed by atoms with Crippen LogP contribution in [0, 0.1) is 20.8 Å². The number of rotatable bonds is 1. The monoisotopic (exact) mass is 470 g/mol. The average molecular weight is 471 g/mol. The highest BCUT2D eigenvalue weighted by Crippen LogP contribution is 2.43. The predicted octanol–water partition coefficient (Wildman–Crippen LogP) is 8.74. The van der Waals surface area contributed by atoms with Crippen LogP contribution < -0.4 is 9.47 Å². The number of methoxy groups -OCH3 is 1. The third-order valence-corrected chi connectivity index (χ3v) is 6.52. The Hall–Kier alpha value is -2.16. The van der Waals surface area contributed by atoms with Crippen LogP contribution in [0.15, 0.2) is 18.2 Å². The quantitative estimate of drug-likeness (QED) is 0.453. The van der Waals surface area contributed by atoms with Gasteiger partial charge in [0.2, 0.25) is 0 Å². The maximum Gasteiger partial charge on any atom is 0.127 e. The minimum atomic E-state index is -0.0504. The molecule has 1 aliphatic heterocycles. The van der Waals surface area contributed by atoms with Gasteiger partial charge in [0.05, 0.1) is 7.11 Å². The first-order chi connectivity index (χ1) is 15.5. The number of hydrogen-bond donors (Lipinski definition) is 1. The third kappa shape index (κ3) is 6.71. The number of aromatic hydroxyl groups is 1. The molecule has 0 fully saturated rings. The first-order valence-electron chi connectivity index (χ1n) is 12.7. The molecule has 0 spiro atoms. The van der Waals surface area contributed by atoms with Gasteiger partial charge in [-0.2, -0.15) is 0 Å². The lowest BCUT2D eigenvalue weighted by atomic mass is 9.80. The lowest BCUT2D eigenvalue weighted by Crippen LogP contribution is -2.33. The first kappa shape index (κ1) is 29.9. The Morgan fingerprint density at radius 1 is 0.853 bits per heavy atom. The number of phenolic OH excluding ortho intramolecular Hbond substituents is 1. The van der Waals surface area contributed by atoms with Gasteiger partial charge in [-0.15, -0.1) is 0 Å². The summed E-state index contributed by atoms with van der Waals surface area (Å²) in [6.07, 6.45) is 2.14. The van der Waals surface area contributed by atoms with E-state index in [1.165, 1.54) is 22.3 Å². The molecule has 0 radical (unpaired) electrons. The summed E-state index contributed by atoms with van der Waals surface area (Å²) in [5.41, 5.74) is 6.95. The standard InChI is InChI=1S/C15H22O2.C14H22O.C2H6/c1-9-10(2)14-12(11(3)13(9)16-6)7-8-15(4,5)17-14;1-13(2,3)10-8-7-9-11(12(10)15)14(4,5)6;1-2/h7-8H2,1-6H3;7-9,15H,1-6H3;1-2H3. The second-order valence-electron chi connectivity index (χ2n) is 11.8. The molecule has 0 aromatic heterocycles. The van der Waals surface area contributed by atoms with E-state index >= 15 is 0 Å². The summed E-state index contributed by atoms with van der Waals surface area (Å²) < 4.78 is 11.7. The molecule has 0 saturated heterocycles. The molecule has 192 valence electrons. The van der Waals surface area contributed by atoms with E-state index < -0.39 is 0 Å². The highest BCUT2D eigenvalue weighted by Gasteiger charge is 2.31. The summed E-state index contributed by atoms with van der Waals surface area (Å²) in [5, 5.41) is 10.3. The molecule has 0 atom stereocenters. The molecule has 1 heterocycles. The van der Waals surface area contributed by atoms with Crippen molar-refractivity contribution in [2.24, 2.45) is 0 Å². The van der Waals surface area contributed by atoms with Crippen molar-refractivity contribution >= 4 is 0 Å². The fraction of sp³-hybridized carbons (Fsp3) is 0.613. The molecule has 3 nitrogen and oxygen atoms in total. The molecule has 0 saturated carbocycles. The van der Waals surface area contributed by atoms with E-state index in [1.54, 1.807) is 7.11 Å². The van der Waals surface area contributed by atoms with E-state index in [4.69, 9.17) is 9.47 Å². The summed E-state index contributed by atoms with van der Waals surface area (Å²) in [7, 11) is 1.74. The molecule has 1 N–H and O–H groups in total. The molecular weight excluding hydrogens is 420 g/mol. The molecule has 3 rings (SSSR count). The second kappa shape index (κ2) is 11.1. The van der Waals surface area contributed by atoms with Gasteiger partial charge < -0.3 is 14.6 Å². The zero-order valence-corrected chi connectivity index (χ0v) is 24.4. The van der Waals surface area contributed by atoms with E-state index in [1.807, 2.05) is 32.0 Å². The summed E-state index contributed by atoms with van der Waals surface area (Å²) in [5.74, 6) is 2.55. The van der Waals surface area contributed by atoms with Crippen LogP contribution in [0.5, 0.6) is 17.2 Å². The van der Waals surface area contributed by atoms with Gasteiger partial charge in [0.15, 0.2) is 0 Å². The molecule has 2 aromatic carbocycles. The highest BCUT2D eigenvalue weighted by molar-refractivity contribution is 5.58. The fourth-order valence-corrected chi connectivity index (χ4v) is 4.41. The maximum absolute atomic E-state index is 10.3. The van der Waals surface area contributed by atoms with Crippen LogP contribution in [0.2, 0.25) is 0 Å². The molecule has 0 aliphatic carbocycles. The van der Waals surface area contributed by atoms with Crippen molar-refractivity contribution in [3.05, 3.63) is 51.6 Å². The fourth-order valence-electron chi connectivity index (χ4n) is 4.41. The van der Waals surface area contributed by atoms with Crippen molar-refractivity contribution in [2.75, 3.05) is 7.11 Å². The Labute approximate surface area is 209 Å². The van der Waals surface area contributed by atoms with Gasteiger partial charge in [-0.25, -0.2) is 0 Å². The molecule has 1 aliphatic rings. The summed E-state index contributed by atoms with van der Waals surface area (Å²) in [4.78, 5) is 0. The number of ether oxygens (including phenoxy) is 2.